The van der Waals surface area contributed by atoms with Gasteiger partial charge in [0.2, 0.25) is 0 Å². The second-order valence-corrected chi connectivity index (χ2v) is 7.65. The van der Waals surface area contributed by atoms with Gasteiger partial charge in [-0.05, 0) is 57.0 Å². The Morgan fingerprint density at radius 1 is 1.00 bits per heavy atom. The predicted molar refractivity (Wildman–Crippen MR) is 109 cm³/mol. The van der Waals surface area contributed by atoms with Gasteiger partial charge in [0.1, 0.15) is 5.75 Å². The second-order valence-electron chi connectivity index (χ2n) is 7.65. The quantitative estimate of drug-likeness (QED) is 0.763. The highest BCUT2D eigenvalue weighted by Crippen LogP contribution is 2.23. The Balaban J connectivity index is 1.67. The largest absolute Gasteiger partial charge is 0.483 e. The first-order chi connectivity index (χ1) is 14.2. The van der Waals surface area contributed by atoms with E-state index in [-0.39, 0.29) is 36.7 Å². The van der Waals surface area contributed by atoms with E-state index in [0.717, 1.165) is 17.2 Å². The highest BCUT2D eigenvalue weighted by Gasteiger charge is 2.37. The molecule has 30 heavy (non-hydrogen) atoms. The fourth-order valence-electron chi connectivity index (χ4n) is 3.71. The number of carbonyl (C=O) groups is 2. The summed E-state index contributed by atoms with van der Waals surface area (Å²) >= 11 is 0. The van der Waals surface area contributed by atoms with Crippen molar-refractivity contribution < 1.29 is 23.1 Å². The Morgan fingerprint density at radius 2 is 1.63 bits per heavy atom. The first-order valence-electron chi connectivity index (χ1n) is 9.95. The normalized spacial score (nSPS) is 19.0. The van der Waals surface area contributed by atoms with Crippen molar-refractivity contribution in [1.82, 2.24) is 9.80 Å². The van der Waals surface area contributed by atoms with E-state index in [4.69, 9.17) is 4.74 Å². The number of nitrogens with zero attached hydrogens (tertiary/aromatic N) is 2. The van der Waals surface area contributed by atoms with Crippen LogP contribution >= 0.6 is 0 Å². The van der Waals surface area contributed by atoms with Crippen molar-refractivity contribution in [3.05, 3.63) is 64.7 Å². The molecule has 1 fully saturated rings. The number of hydrogen-bond acceptors (Lipinski definition) is 3. The van der Waals surface area contributed by atoms with E-state index in [1.807, 2.05) is 39.0 Å². The Labute approximate surface area is 175 Å². The van der Waals surface area contributed by atoms with Crippen LogP contribution in [-0.4, -0.2) is 53.4 Å². The minimum Gasteiger partial charge on any atom is -0.483 e. The van der Waals surface area contributed by atoms with E-state index in [2.05, 4.69) is 0 Å². The van der Waals surface area contributed by atoms with Crippen LogP contribution in [0.3, 0.4) is 0 Å². The standard InChI is InChI=1S/C23H26F2N2O3/c1-14-7-5-10-20(15(14)2)30-13-21(28)26-11-12-27(17(4)16(26)3)23(29)18-8-6-9-19(24)22(18)25/h5-10,16-17H,11-13H2,1-4H3/t16-,17-/m1/s1. The van der Waals surface area contributed by atoms with E-state index in [0.29, 0.717) is 12.3 Å². The van der Waals surface area contributed by atoms with Crippen molar-refractivity contribution >= 4 is 11.8 Å². The minimum atomic E-state index is -1.15. The maximum Gasteiger partial charge on any atom is 0.260 e. The van der Waals surface area contributed by atoms with Gasteiger partial charge >= 0.3 is 0 Å². The number of aryl methyl sites for hydroxylation is 1. The van der Waals surface area contributed by atoms with Crippen LogP contribution in [0, 0.1) is 25.5 Å². The first-order valence-corrected chi connectivity index (χ1v) is 9.95. The average molecular weight is 416 g/mol. The van der Waals surface area contributed by atoms with Crippen LogP contribution in [0.2, 0.25) is 0 Å². The fourth-order valence-corrected chi connectivity index (χ4v) is 3.71. The van der Waals surface area contributed by atoms with Gasteiger partial charge in [0.05, 0.1) is 5.56 Å². The van der Waals surface area contributed by atoms with Crippen molar-refractivity contribution in [2.45, 2.75) is 39.8 Å². The van der Waals surface area contributed by atoms with Gasteiger partial charge in [0.25, 0.3) is 11.8 Å². The number of benzene rings is 2. The molecule has 0 bridgehead atoms. The smallest absolute Gasteiger partial charge is 0.260 e. The molecule has 2 aromatic carbocycles. The highest BCUT2D eigenvalue weighted by atomic mass is 19.2. The SMILES string of the molecule is Cc1cccc(OCC(=O)N2CCN(C(=O)c3cccc(F)c3F)[C@H](C)[C@H]2C)c1C. The number of carbonyl (C=O) groups excluding carboxylic acids is 2. The molecule has 2 atom stereocenters. The zero-order valence-electron chi connectivity index (χ0n) is 17.6. The number of hydrogen-bond donors (Lipinski definition) is 0. The van der Waals surface area contributed by atoms with Crippen molar-refractivity contribution in [2.24, 2.45) is 0 Å². The van der Waals surface area contributed by atoms with Gasteiger partial charge in [-0.3, -0.25) is 9.59 Å². The molecule has 0 spiro atoms. The molecule has 0 aromatic heterocycles. The first kappa shape index (κ1) is 21.7. The predicted octanol–water partition coefficient (Wildman–Crippen LogP) is 3.72. The summed E-state index contributed by atoms with van der Waals surface area (Å²) in [5.74, 6) is -2.30. The molecule has 160 valence electrons. The van der Waals surface area contributed by atoms with Crippen LogP contribution in [0.25, 0.3) is 0 Å². The van der Waals surface area contributed by atoms with Crippen LogP contribution < -0.4 is 4.74 Å². The van der Waals surface area contributed by atoms with Crippen molar-refractivity contribution in [1.29, 1.82) is 0 Å². The van der Waals surface area contributed by atoms with Crippen LogP contribution in [-0.2, 0) is 4.79 Å². The van der Waals surface area contributed by atoms with Crippen molar-refractivity contribution in [3.8, 4) is 5.75 Å². The van der Waals surface area contributed by atoms with Gasteiger partial charge in [-0.2, -0.15) is 0 Å². The van der Waals surface area contributed by atoms with E-state index >= 15 is 0 Å². The molecular formula is C23H26F2N2O3. The molecule has 0 radical (unpaired) electrons. The van der Waals surface area contributed by atoms with Gasteiger partial charge < -0.3 is 14.5 Å². The molecule has 1 heterocycles. The summed E-state index contributed by atoms with van der Waals surface area (Å²) < 4.78 is 33.3. The zero-order valence-corrected chi connectivity index (χ0v) is 17.6. The Bertz CT molecular complexity index is 963. The number of ether oxygens (including phenoxy) is 1. The Morgan fingerprint density at radius 3 is 2.37 bits per heavy atom. The molecule has 2 aromatic rings. The Kier molecular flexibility index (Phi) is 6.39. The lowest BCUT2D eigenvalue weighted by Crippen LogP contribution is -2.61. The van der Waals surface area contributed by atoms with Crippen molar-refractivity contribution in [2.75, 3.05) is 19.7 Å². The molecule has 1 aliphatic heterocycles. The Hall–Kier alpha value is -2.96. The third-order valence-corrected chi connectivity index (χ3v) is 5.93. The summed E-state index contributed by atoms with van der Waals surface area (Å²) in [4.78, 5) is 28.7. The van der Waals surface area contributed by atoms with Crippen LogP contribution in [0.1, 0.15) is 35.3 Å². The monoisotopic (exact) mass is 416 g/mol. The molecule has 1 aliphatic rings. The van der Waals surface area contributed by atoms with Crippen LogP contribution in [0.5, 0.6) is 5.75 Å². The number of amides is 2. The summed E-state index contributed by atoms with van der Waals surface area (Å²) in [6.07, 6.45) is 0. The molecule has 3 rings (SSSR count). The van der Waals surface area contributed by atoms with Gasteiger partial charge in [0, 0.05) is 25.2 Å². The maximum atomic E-state index is 14.1. The third-order valence-electron chi connectivity index (χ3n) is 5.93. The molecule has 0 unspecified atom stereocenters. The lowest BCUT2D eigenvalue weighted by Gasteiger charge is -2.45. The van der Waals surface area contributed by atoms with Gasteiger partial charge in [-0.1, -0.05) is 18.2 Å². The highest BCUT2D eigenvalue weighted by molar-refractivity contribution is 5.95. The van der Waals surface area contributed by atoms with E-state index < -0.39 is 17.5 Å². The molecule has 1 saturated heterocycles. The number of rotatable bonds is 4. The molecule has 0 aliphatic carbocycles. The summed E-state index contributed by atoms with van der Waals surface area (Å²) in [5.41, 5.74) is 1.77. The second kappa shape index (κ2) is 8.81. The van der Waals surface area contributed by atoms with Crippen LogP contribution in [0.4, 0.5) is 8.78 Å². The molecule has 7 heteroatoms. The molecule has 0 saturated carbocycles. The summed E-state index contributed by atoms with van der Waals surface area (Å²) in [5, 5.41) is 0. The van der Waals surface area contributed by atoms with Gasteiger partial charge in [0.15, 0.2) is 18.2 Å². The summed E-state index contributed by atoms with van der Waals surface area (Å²) in [6, 6.07) is 8.58. The van der Waals surface area contributed by atoms with Gasteiger partial charge in [-0.25, -0.2) is 8.78 Å². The molecule has 2 amide bonds. The minimum absolute atomic E-state index is 0.103. The average Bonchev–Trinajstić information content (AvgIpc) is 2.72. The number of halogens is 2. The van der Waals surface area contributed by atoms with Gasteiger partial charge in [-0.15, -0.1) is 0 Å². The van der Waals surface area contributed by atoms with Crippen LogP contribution in [0.15, 0.2) is 36.4 Å². The number of piperazine rings is 1. The third kappa shape index (κ3) is 4.15. The van der Waals surface area contributed by atoms with E-state index in [9.17, 15) is 18.4 Å². The lowest BCUT2D eigenvalue weighted by molar-refractivity contribution is -0.139. The maximum absolute atomic E-state index is 14.1. The zero-order chi connectivity index (χ0) is 22.0. The summed E-state index contributed by atoms with van der Waals surface area (Å²) in [6.45, 7) is 7.97. The molecule has 0 N–H and O–H groups in total. The van der Waals surface area contributed by atoms with E-state index in [1.54, 1.807) is 11.8 Å². The molecular weight excluding hydrogens is 390 g/mol. The topological polar surface area (TPSA) is 49.9 Å². The summed E-state index contributed by atoms with van der Waals surface area (Å²) in [7, 11) is 0. The van der Waals surface area contributed by atoms with E-state index in [1.165, 1.54) is 17.0 Å². The fraction of sp³-hybridized carbons (Fsp3) is 0.391. The lowest BCUT2D eigenvalue weighted by atomic mass is 10.0. The van der Waals surface area contributed by atoms with Crippen molar-refractivity contribution in [3.63, 3.8) is 0 Å². The molecule has 5 nitrogen and oxygen atoms in total.